The first-order chi connectivity index (χ1) is 6.81. The Morgan fingerprint density at radius 3 is 2.50 bits per heavy atom. The van der Waals surface area contributed by atoms with Gasteiger partial charge in [0.25, 0.3) is 0 Å². The molecule has 0 spiro atoms. The maximum Gasteiger partial charge on any atom is 0.315 e. The van der Waals surface area contributed by atoms with Crippen LogP contribution in [0.2, 0.25) is 0 Å². The number of carbonyl (C=O) groups excluding carboxylic acids is 1. The first-order valence-electron chi connectivity index (χ1n) is 5.15. The van der Waals surface area contributed by atoms with E-state index in [0.29, 0.717) is 6.61 Å². The van der Waals surface area contributed by atoms with Crippen molar-refractivity contribution in [3.05, 3.63) is 0 Å². The summed E-state index contributed by atoms with van der Waals surface area (Å²) >= 11 is 3.80. The molecule has 0 bridgehead atoms. The zero-order chi connectivity index (χ0) is 10.6. The molecule has 0 atom stereocenters. The van der Waals surface area contributed by atoms with Gasteiger partial charge in [0, 0.05) is 13.2 Å². The van der Waals surface area contributed by atoms with Crippen LogP contribution in [0.5, 0.6) is 0 Å². The lowest BCUT2D eigenvalue weighted by Crippen LogP contribution is -2.07. The van der Waals surface area contributed by atoms with Gasteiger partial charge in [0.1, 0.15) is 0 Å². The van der Waals surface area contributed by atoms with Gasteiger partial charge in [0.05, 0.1) is 12.4 Å². The fraction of sp³-hybridized carbons (Fsp3) is 0.900. The minimum atomic E-state index is -0.240. The average Bonchev–Trinajstić information content (AvgIpc) is 2.21. The van der Waals surface area contributed by atoms with E-state index in [4.69, 9.17) is 9.47 Å². The summed E-state index contributed by atoms with van der Waals surface area (Å²) in [4.78, 5) is 10.7. The number of rotatable bonds is 9. The van der Waals surface area contributed by atoms with Gasteiger partial charge in [-0.15, -0.1) is 0 Å². The van der Waals surface area contributed by atoms with Gasteiger partial charge in [-0.2, -0.15) is 12.6 Å². The Kier molecular flexibility index (Phi) is 10.7. The molecule has 0 saturated carbocycles. The topological polar surface area (TPSA) is 35.5 Å². The molecule has 0 aromatic heterocycles. The van der Waals surface area contributed by atoms with Crippen molar-refractivity contribution >= 4 is 18.6 Å². The molecule has 4 heteroatoms. The van der Waals surface area contributed by atoms with Crippen LogP contribution in [0.1, 0.15) is 32.6 Å². The van der Waals surface area contributed by atoms with Gasteiger partial charge in [-0.25, -0.2) is 0 Å². The summed E-state index contributed by atoms with van der Waals surface area (Å²) in [6.45, 7) is 4.26. The number of carbonyl (C=O) groups is 1. The van der Waals surface area contributed by atoms with Crippen molar-refractivity contribution in [3.8, 4) is 0 Å². The molecule has 0 rings (SSSR count). The Labute approximate surface area is 91.6 Å². The molecule has 84 valence electrons. The van der Waals surface area contributed by atoms with E-state index in [1.165, 1.54) is 0 Å². The van der Waals surface area contributed by atoms with Crippen LogP contribution in [0.4, 0.5) is 0 Å². The highest BCUT2D eigenvalue weighted by atomic mass is 32.1. The number of ether oxygens (including phenoxy) is 2. The predicted octanol–water partition coefficient (Wildman–Crippen LogP) is 2.06. The molecule has 0 aromatic carbocycles. The SMILES string of the molecule is CCCOCCCCCOC(=O)CS. The normalized spacial score (nSPS) is 10.1. The van der Waals surface area contributed by atoms with Gasteiger partial charge in [-0.05, 0) is 25.7 Å². The predicted molar refractivity (Wildman–Crippen MR) is 59.8 cm³/mol. The van der Waals surface area contributed by atoms with Gasteiger partial charge in [-0.3, -0.25) is 4.79 Å². The second kappa shape index (κ2) is 10.9. The monoisotopic (exact) mass is 220 g/mol. The molecular weight excluding hydrogens is 200 g/mol. The third-order valence-electron chi connectivity index (χ3n) is 1.67. The van der Waals surface area contributed by atoms with Gasteiger partial charge >= 0.3 is 5.97 Å². The summed E-state index contributed by atoms with van der Waals surface area (Å²) in [6.07, 6.45) is 4.07. The first kappa shape index (κ1) is 13.8. The quantitative estimate of drug-likeness (QED) is 0.367. The fourth-order valence-corrected chi connectivity index (χ4v) is 1.05. The number of unbranched alkanes of at least 4 members (excludes halogenated alkanes) is 2. The minimum absolute atomic E-state index is 0.166. The molecule has 0 aliphatic heterocycles. The van der Waals surface area contributed by atoms with Gasteiger partial charge in [0.15, 0.2) is 0 Å². The second-order valence-corrected chi connectivity index (χ2v) is 3.37. The van der Waals surface area contributed by atoms with Crippen LogP contribution >= 0.6 is 12.6 Å². The van der Waals surface area contributed by atoms with Crippen LogP contribution in [0.15, 0.2) is 0 Å². The summed E-state index contributed by atoms with van der Waals surface area (Å²) in [5, 5.41) is 0. The summed E-state index contributed by atoms with van der Waals surface area (Å²) in [5.74, 6) is -0.0739. The highest BCUT2D eigenvalue weighted by Gasteiger charge is 1.97. The van der Waals surface area contributed by atoms with Crippen LogP contribution < -0.4 is 0 Å². The van der Waals surface area contributed by atoms with Crippen molar-refractivity contribution in [1.82, 2.24) is 0 Å². The Morgan fingerprint density at radius 1 is 1.14 bits per heavy atom. The molecule has 0 amide bonds. The van der Waals surface area contributed by atoms with Crippen molar-refractivity contribution in [3.63, 3.8) is 0 Å². The second-order valence-electron chi connectivity index (χ2n) is 3.05. The van der Waals surface area contributed by atoms with Gasteiger partial charge in [-0.1, -0.05) is 6.92 Å². The molecule has 0 N–H and O–H groups in total. The molecule has 0 aliphatic rings. The van der Waals surface area contributed by atoms with Crippen molar-refractivity contribution in [1.29, 1.82) is 0 Å². The molecule has 14 heavy (non-hydrogen) atoms. The molecular formula is C10H20O3S. The first-order valence-corrected chi connectivity index (χ1v) is 5.78. The Balaban J connectivity index is 2.95. The van der Waals surface area contributed by atoms with Crippen LogP contribution in [0.3, 0.4) is 0 Å². The zero-order valence-corrected chi connectivity index (χ0v) is 9.72. The van der Waals surface area contributed by atoms with Gasteiger partial charge in [0.2, 0.25) is 0 Å². The third-order valence-corrected chi connectivity index (χ3v) is 1.93. The van der Waals surface area contributed by atoms with Crippen molar-refractivity contribution in [2.45, 2.75) is 32.6 Å². The average molecular weight is 220 g/mol. The summed E-state index contributed by atoms with van der Waals surface area (Å²) in [6, 6.07) is 0. The van der Waals surface area contributed by atoms with Crippen LogP contribution in [0.25, 0.3) is 0 Å². The van der Waals surface area contributed by atoms with E-state index in [1.807, 2.05) is 0 Å². The van der Waals surface area contributed by atoms with Gasteiger partial charge < -0.3 is 9.47 Å². The lowest BCUT2D eigenvalue weighted by atomic mass is 10.2. The molecule has 0 radical (unpaired) electrons. The van der Waals surface area contributed by atoms with Crippen LogP contribution in [-0.2, 0) is 14.3 Å². The molecule has 0 saturated heterocycles. The van der Waals surface area contributed by atoms with E-state index < -0.39 is 0 Å². The molecule has 0 heterocycles. The number of esters is 1. The van der Waals surface area contributed by atoms with E-state index in [1.54, 1.807) is 0 Å². The highest BCUT2D eigenvalue weighted by Crippen LogP contribution is 1.97. The zero-order valence-electron chi connectivity index (χ0n) is 8.83. The minimum Gasteiger partial charge on any atom is -0.465 e. The van der Waals surface area contributed by atoms with E-state index >= 15 is 0 Å². The fourth-order valence-electron chi connectivity index (χ4n) is 0.961. The molecule has 0 aliphatic carbocycles. The van der Waals surface area contributed by atoms with E-state index in [9.17, 15) is 4.79 Å². The lowest BCUT2D eigenvalue weighted by Gasteiger charge is -2.03. The van der Waals surface area contributed by atoms with Crippen molar-refractivity contribution < 1.29 is 14.3 Å². The lowest BCUT2D eigenvalue weighted by molar-refractivity contribution is -0.140. The number of thiol groups is 1. The smallest absolute Gasteiger partial charge is 0.315 e. The molecule has 0 unspecified atom stereocenters. The van der Waals surface area contributed by atoms with Crippen molar-refractivity contribution in [2.24, 2.45) is 0 Å². The Morgan fingerprint density at radius 2 is 1.86 bits per heavy atom. The van der Waals surface area contributed by atoms with Crippen LogP contribution in [-0.4, -0.2) is 31.5 Å². The molecule has 3 nitrogen and oxygen atoms in total. The summed E-state index contributed by atoms with van der Waals surface area (Å²) < 4.78 is 10.2. The van der Waals surface area contributed by atoms with Crippen molar-refractivity contribution in [2.75, 3.05) is 25.6 Å². The largest absolute Gasteiger partial charge is 0.465 e. The summed E-state index contributed by atoms with van der Waals surface area (Å²) in [7, 11) is 0. The van der Waals surface area contributed by atoms with E-state index in [0.717, 1.165) is 38.9 Å². The molecule has 0 aromatic rings. The van der Waals surface area contributed by atoms with Crippen LogP contribution in [0, 0.1) is 0 Å². The summed E-state index contributed by atoms with van der Waals surface area (Å²) in [5.41, 5.74) is 0. The Hall–Kier alpha value is -0.220. The maximum absolute atomic E-state index is 10.7. The standard InChI is InChI=1S/C10H20O3S/c1-2-6-12-7-4-3-5-8-13-10(11)9-14/h14H,2-9H2,1H3. The molecule has 0 fully saturated rings. The highest BCUT2D eigenvalue weighted by molar-refractivity contribution is 7.81. The van der Waals surface area contributed by atoms with E-state index in [-0.39, 0.29) is 11.7 Å². The maximum atomic E-state index is 10.7. The number of hydrogen-bond donors (Lipinski definition) is 1. The number of hydrogen-bond acceptors (Lipinski definition) is 4. The Bertz CT molecular complexity index is 139. The third kappa shape index (κ3) is 9.86. The van der Waals surface area contributed by atoms with E-state index in [2.05, 4.69) is 19.6 Å².